The molecule has 0 fully saturated rings. The summed E-state index contributed by atoms with van der Waals surface area (Å²) in [6, 6.07) is 70.6. The van der Waals surface area contributed by atoms with Crippen LogP contribution in [-0.2, 0) is 0 Å². The second-order valence-electron chi connectivity index (χ2n) is 16.3. The molecule has 0 aliphatic carbocycles. The zero-order valence-corrected chi connectivity index (χ0v) is 34.4. The van der Waals surface area contributed by atoms with Crippen molar-refractivity contribution in [3.8, 4) is 62.1 Å². The first-order valence-corrected chi connectivity index (χ1v) is 21.4. The van der Waals surface area contributed by atoms with Gasteiger partial charge in [0.2, 0.25) is 0 Å². The number of aromatic nitrogens is 5. The molecule has 13 rings (SSSR count). The normalized spacial score (nSPS) is 11.8. The lowest BCUT2D eigenvalue weighted by molar-refractivity contribution is 0.668. The highest BCUT2D eigenvalue weighted by Crippen LogP contribution is 2.39. The highest BCUT2D eigenvalue weighted by atomic mass is 16.3. The summed E-state index contributed by atoms with van der Waals surface area (Å²) in [6.07, 6.45) is 3.60. The number of hydrogen-bond acceptors (Lipinski definition) is 5. The second kappa shape index (κ2) is 14.4. The van der Waals surface area contributed by atoms with Crippen molar-refractivity contribution in [3.63, 3.8) is 0 Å². The van der Waals surface area contributed by atoms with Gasteiger partial charge in [-0.05, 0) is 86.9 Å². The van der Waals surface area contributed by atoms with Gasteiger partial charge >= 0.3 is 0 Å². The van der Waals surface area contributed by atoms with Crippen molar-refractivity contribution < 1.29 is 4.42 Å². The van der Waals surface area contributed by atoms with E-state index in [1.807, 2.05) is 30.5 Å². The fraction of sp³-hybridized carbons (Fsp3) is 0. The molecule has 0 aliphatic heterocycles. The van der Waals surface area contributed by atoms with E-state index in [-0.39, 0.29) is 0 Å². The van der Waals surface area contributed by atoms with E-state index in [0.29, 0.717) is 17.5 Å². The van der Waals surface area contributed by atoms with Gasteiger partial charge in [-0.2, -0.15) is 0 Å². The molecule has 0 saturated carbocycles. The third-order valence-corrected chi connectivity index (χ3v) is 12.5. The summed E-state index contributed by atoms with van der Waals surface area (Å²) < 4.78 is 8.70. The molecule has 9 aromatic carbocycles. The summed E-state index contributed by atoms with van der Waals surface area (Å²) >= 11 is 0. The quantitative estimate of drug-likeness (QED) is 0.167. The Morgan fingerprint density at radius 2 is 1.02 bits per heavy atom. The van der Waals surface area contributed by atoms with E-state index in [0.717, 1.165) is 66.2 Å². The van der Waals surface area contributed by atoms with Gasteiger partial charge in [-0.25, -0.2) is 15.0 Å². The van der Waals surface area contributed by atoms with Crippen molar-refractivity contribution in [1.29, 1.82) is 0 Å². The van der Waals surface area contributed by atoms with Crippen LogP contribution in [0.2, 0.25) is 0 Å². The maximum Gasteiger partial charge on any atom is 0.164 e. The molecule has 0 radical (unpaired) electrons. The second-order valence-corrected chi connectivity index (χ2v) is 16.3. The Morgan fingerprint density at radius 1 is 0.375 bits per heavy atom. The van der Waals surface area contributed by atoms with Crippen molar-refractivity contribution >= 4 is 65.3 Å². The van der Waals surface area contributed by atoms with E-state index in [9.17, 15) is 0 Å². The van der Waals surface area contributed by atoms with Crippen LogP contribution in [0.25, 0.3) is 127 Å². The SMILES string of the molecule is c1ccc(-c2ccc3cc(-c4nc(-c5cccc(-c6cccc(-n7c8ccccc8c8ccc9ccccc9c87)c6)c5)nc(-c5cccc6oc7ccncc7c56)n4)ccc3c2)cc1. The summed E-state index contributed by atoms with van der Waals surface area (Å²) in [7, 11) is 0. The predicted octanol–water partition coefficient (Wildman–Crippen LogP) is 14.9. The highest BCUT2D eigenvalue weighted by Gasteiger charge is 2.20. The number of nitrogens with zero attached hydrogens (tertiary/aromatic N) is 5. The average Bonchev–Trinajstić information content (AvgIpc) is 3.93. The third-order valence-electron chi connectivity index (χ3n) is 12.5. The van der Waals surface area contributed by atoms with E-state index >= 15 is 0 Å². The number of fused-ring (bicyclic) bond motifs is 9. The summed E-state index contributed by atoms with van der Waals surface area (Å²) in [5.41, 5.74) is 12.1. The van der Waals surface area contributed by atoms with Crippen LogP contribution in [0.15, 0.2) is 217 Å². The molecular formula is C58H35N5O. The van der Waals surface area contributed by atoms with Crippen molar-refractivity contribution in [2.24, 2.45) is 0 Å². The molecule has 4 heterocycles. The number of pyridine rings is 1. The fourth-order valence-corrected chi connectivity index (χ4v) is 9.47. The van der Waals surface area contributed by atoms with Gasteiger partial charge in [-0.15, -0.1) is 0 Å². The number of benzene rings is 9. The van der Waals surface area contributed by atoms with Gasteiger partial charge in [0.05, 0.1) is 11.0 Å². The van der Waals surface area contributed by atoms with Crippen LogP contribution in [0, 0.1) is 0 Å². The molecule has 6 heteroatoms. The minimum atomic E-state index is 0.558. The van der Waals surface area contributed by atoms with Crippen molar-refractivity contribution in [2.45, 2.75) is 0 Å². The summed E-state index contributed by atoms with van der Waals surface area (Å²) in [5, 5.41) is 8.99. The average molecular weight is 818 g/mol. The van der Waals surface area contributed by atoms with Gasteiger partial charge in [-0.3, -0.25) is 4.98 Å². The maximum atomic E-state index is 6.29. The van der Waals surface area contributed by atoms with E-state index in [2.05, 4.69) is 185 Å². The molecule has 0 amide bonds. The smallest absolute Gasteiger partial charge is 0.164 e. The monoisotopic (exact) mass is 817 g/mol. The molecular weight excluding hydrogens is 783 g/mol. The van der Waals surface area contributed by atoms with E-state index in [1.54, 1.807) is 6.20 Å². The molecule has 6 nitrogen and oxygen atoms in total. The molecule has 0 aliphatic rings. The van der Waals surface area contributed by atoms with E-state index < -0.39 is 0 Å². The number of hydrogen-bond donors (Lipinski definition) is 0. The lowest BCUT2D eigenvalue weighted by Gasteiger charge is -2.13. The first-order chi connectivity index (χ1) is 31.7. The summed E-state index contributed by atoms with van der Waals surface area (Å²) in [4.78, 5) is 20.1. The maximum absolute atomic E-state index is 6.29. The predicted molar refractivity (Wildman–Crippen MR) is 261 cm³/mol. The Morgan fingerprint density at radius 3 is 1.89 bits per heavy atom. The van der Waals surface area contributed by atoms with Crippen LogP contribution in [0.4, 0.5) is 0 Å². The van der Waals surface area contributed by atoms with E-state index in [1.165, 1.54) is 43.7 Å². The molecule has 0 unspecified atom stereocenters. The van der Waals surface area contributed by atoms with Crippen molar-refractivity contribution in [1.82, 2.24) is 24.5 Å². The number of rotatable bonds is 6. The Bertz CT molecular complexity index is 3980. The van der Waals surface area contributed by atoms with Crippen molar-refractivity contribution in [2.75, 3.05) is 0 Å². The molecule has 64 heavy (non-hydrogen) atoms. The molecule has 0 spiro atoms. The Kier molecular flexibility index (Phi) is 8.11. The summed E-state index contributed by atoms with van der Waals surface area (Å²) in [5.74, 6) is 1.72. The summed E-state index contributed by atoms with van der Waals surface area (Å²) in [6.45, 7) is 0. The number of para-hydroxylation sites is 1. The first kappa shape index (κ1) is 36.0. The first-order valence-electron chi connectivity index (χ1n) is 21.4. The molecule has 0 bridgehead atoms. The minimum Gasteiger partial charge on any atom is -0.456 e. The van der Waals surface area contributed by atoms with Crippen LogP contribution < -0.4 is 0 Å². The van der Waals surface area contributed by atoms with Crippen LogP contribution in [0.3, 0.4) is 0 Å². The number of furan rings is 1. The van der Waals surface area contributed by atoms with Gasteiger partial charge in [-0.1, -0.05) is 152 Å². The Labute approximate surface area is 367 Å². The lowest BCUT2D eigenvalue weighted by Crippen LogP contribution is -2.00. The third kappa shape index (κ3) is 5.88. The highest BCUT2D eigenvalue weighted by molar-refractivity contribution is 6.18. The van der Waals surface area contributed by atoms with Gasteiger partial charge in [0.1, 0.15) is 11.2 Å². The minimum absolute atomic E-state index is 0.558. The van der Waals surface area contributed by atoms with E-state index in [4.69, 9.17) is 19.4 Å². The largest absolute Gasteiger partial charge is 0.456 e. The van der Waals surface area contributed by atoms with Gasteiger partial charge < -0.3 is 8.98 Å². The molecule has 0 N–H and O–H groups in total. The van der Waals surface area contributed by atoms with Gasteiger partial charge in [0, 0.05) is 61.7 Å². The fourth-order valence-electron chi connectivity index (χ4n) is 9.47. The zero-order valence-electron chi connectivity index (χ0n) is 34.4. The Balaban J connectivity index is 0.965. The molecule has 0 saturated heterocycles. The van der Waals surface area contributed by atoms with Crippen LogP contribution in [-0.4, -0.2) is 24.5 Å². The molecule has 0 atom stereocenters. The lowest BCUT2D eigenvalue weighted by atomic mass is 9.99. The molecule has 298 valence electrons. The van der Waals surface area contributed by atoms with Crippen LogP contribution in [0.1, 0.15) is 0 Å². The van der Waals surface area contributed by atoms with Crippen LogP contribution >= 0.6 is 0 Å². The van der Waals surface area contributed by atoms with Gasteiger partial charge in [0.25, 0.3) is 0 Å². The molecule has 13 aromatic rings. The van der Waals surface area contributed by atoms with Crippen LogP contribution in [0.5, 0.6) is 0 Å². The van der Waals surface area contributed by atoms with Crippen molar-refractivity contribution in [3.05, 3.63) is 213 Å². The molecule has 4 aromatic heterocycles. The Hall–Kier alpha value is -8.74. The standard InChI is InChI=1S/C58H35N5O/c1-2-11-36(12-3-1)40-23-24-42-33-44(26-25-41(42)31-40)57-60-56(61-58(62-57)49-20-10-22-53-54(49)50-35-59-30-29-52(50)64-53)43-16-8-14-38(32-43)39-15-9-17-45(34-39)63-51-21-7-6-19-47(51)48-28-27-37-13-4-5-18-46(37)55(48)63/h1-35H. The van der Waals surface area contributed by atoms with Gasteiger partial charge in [0.15, 0.2) is 17.5 Å². The topological polar surface area (TPSA) is 69.6 Å². The zero-order chi connectivity index (χ0) is 42.1.